The number of Topliss-reactive ketones (excluding diaryl/α,β-unsaturated/α-hetero) is 1. The van der Waals surface area contributed by atoms with Crippen LogP contribution < -0.4 is 10.1 Å². The molecule has 0 saturated carbocycles. The van der Waals surface area contributed by atoms with Crippen molar-refractivity contribution in [1.82, 2.24) is 4.90 Å². The molecule has 1 heterocycles. The highest BCUT2D eigenvalue weighted by Gasteiger charge is 2.22. The average molecular weight is 481 g/mol. The van der Waals surface area contributed by atoms with E-state index in [-0.39, 0.29) is 17.8 Å². The standard InChI is InChI=1S/C28H36N2O5/c1-28(2,3)35-27(33)30(18-16-20-9-5-6-11-25(20)34-4)17-8-7-10-24(31)22-12-14-23-21(19-22)13-15-26(32)29-23/h5-6,9,11-12,14,19H,7-8,10,13,15-18H2,1-4H3,(H,29,32). The Kier molecular flexibility index (Phi) is 8.90. The summed E-state index contributed by atoms with van der Waals surface area (Å²) in [5.41, 5.74) is 2.91. The van der Waals surface area contributed by atoms with Crippen LogP contribution in [0.3, 0.4) is 0 Å². The molecule has 7 heteroatoms. The number of nitrogens with zero attached hydrogens (tertiary/aromatic N) is 1. The van der Waals surface area contributed by atoms with Crippen molar-refractivity contribution >= 4 is 23.5 Å². The molecule has 0 fully saturated rings. The third-order valence-electron chi connectivity index (χ3n) is 5.90. The number of unbranched alkanes of at least 4 members (excludes halogenated alkanes) is 1. The lowest BCUT2D eigenvalue weighted by molar-refractivity contribution is -0.116. The van der Waals surface area contributed by atoms with Gasteiger partial charge in [-0.25, -0.2) is 4.79 Å². The Bertz CT molecular complexity index is 1060. The van der Waals surface area contributed by atoms with Crippen LogP contribution in [-0.2, 0) is 22.4 Å². The van der Waals surface area contributed by atoms with E-state index < -0.39 is 5.60 Å². The number of aryl methyl sites for hydroxylation is 1. The molecule has 0 saturated heterocycles. The molecule has 2 aromatic rings. The second kappa shape index (κ2) is 11.9. The van der Waals surface area contributed by atoms with Crippen LogP contribution in [0.15, 0.2) is 42.5 Å². The molecule has 0 radical (unpaired) electrons. The molecule has 0 aliphatic carbocycles. The van der Waals surface area contributed by atoms with Crippen LogP contribution in [0.5, 0.6) is 5.75 Å². The van der Waals surface area contributed by atoms with Crippen LogP contribution in [0, 0.1) is 0 Å². The molecular formula is C28H36N2O5. The SMILES string of the molecule is COc1ccccc1CCN(CCCCC(=O)c1ccc2c(c1)CCC(=O)N2)C(=O)OC(C)(C)C. The van der Waals surface area contributed by atoms with E-state index in [0.29, 0.717) is 57.2 Å². The van der Waals surface area contributed by atoms with Gasteiger partial charge in [0, 0.05) is 37.2 Å². The van der Waals surface area contributed by atoms with Crippen LogP contribution in [0.2, 0.25) is 0 Å². The first kappa shape index (κ1) is 26.3. The van der Waals surface area contributed by atoms with Crippen LogP contribution >= 0.6 is 0 Å². The summed E-state index contributed by atoms with van der Waals surface area (Å²) in [6.07, 6.45) is 3.15. The maximum atomic E-state index is 12.8. The molecule has 1 aliphatic heterocycles. The molecule has 0 unspecified atom stereocenters. The Labute approximate surface area is 207 Å². The molecule has 1 aliphatic rings. The molecule has 35 heavy (non-hydrogen) atoms. The van der Waals surface area contributed by atoms with Crippen molar-refractivity contribution in [1.29, 1.82) is 0 Å². The number of hydrogen-bond donors (Lipinski definition) is 1. The largest absolute Gasteiger partial charge is 0.496 e. The predicted octanol–water partition coefficient (Wildman–Crippen LogP) is 5.41. The average Bonchev–Trinajstić information content (AvgIpc) is 2.82. The highest BCUT2D eigenvalue weighted by atomic mass is 16.6. The lowest BCUT2D eigenvalue weighted by Gasteiger charge is -2.27. The number of hydrogen-bond acceptors (Lipinski definition) is 5. The Hall–Kier alpha value is -3.35. The van der Waals surface area contributed by atoms with Crippen molar-refractivity contribution < 1.29 is 23.9 Å². The van der Waals surface area contributed by atoms with E-state index in [1.54, 1.807) is 18.1 Å². The first-order valence-electron chi connectivity index (χ1n) is 12.2. The molecule has 2 aromatic carbocycles. The maximum absolute atomic E-state index is 12.8. The van der Waals surface area contributed by atoms with E-state index in [2.05, 4.69) is 5.32 Å². The van der Waals surface area contributed by atoms with E-state index in [1.807, 2.05) is 57.2 Å². The van der Waals surface area contributed by atoms with Gasteiger partial charge in [-0.2, -0.15) is 0 Å². The molecule has 2 amide bonds. The fraction of sp³-hybridized carbons (Fsp3) is 0.464. The number of carbonyl (C=O) groups is 3. The van der Waals surface area contributed by atoms with Gasteiger partial charge in [-0.05, 0) is 81.8 Å². The molecule has 188 valence electrons. The fourth-order valence-electron chi connectivity index (χ4n) is 4.08. The Balaban J connectivity index is 1.55. The van der Waals surface area contributed by atoms with E-state index in [4.69, 9.17) is 9.47 Å². The number of rotatable bonds is 10. The molecular weight excluding hydrogens is 444 g/mol. The summed E-state index contributed by atoms with van der Waals surface area (Å²) in [4.78, 5) is 38.8. The third kappa shape index (κ3) is 7.84. The molecule has 1 N–H and O–H groups in total. The molecule has 0 spiro atoms. The number of ketones is 1. The van der Waals surface area contributed by atoms with Gasteiger partial charge in [0.1, 0.15) is 11.4 Å². The first-order valence-corrected chi connectivity index (χ1v) is 12.2. The number of carbonyl (C=O) groups excluding carboxylic acids is 3. The molecule has 0 aromatic heterocycles. The molecule has 7 nitrogen and oxygen atoms in total. The number of amides is 2. The first-order chi connectivity index (χ1) is 16.7. The number of ether oxygens (including phenoxy) is 2. The minimum absolute atomic E-state index is 0.0110. The smallest absolute Gasteiger partial charge is 0.410 e. The lowest BCUT2D eigenvalue weighted by atomic mass is 9.97. The number of para-hydroxylation sites is 1. The number of methoxy groups -OCH3 is 1. The van der Waals surface area contributed by atoms with Gasteiger partial charge < -0.3 is 19.7 Å². The Morgan fingerprint density at radius 2 is 1.80 bits per heavy atom. The van der Waals surface area contributed by atoms with Crippen molar-refractivity contribution in [3.8, 4) is 5.75 Å². The van der Waals surface area contributed by atoms with E-state index in [0.717, 1.165) is 22.6 Å². The highest BCUT2D eigenvalue weighted by molar-refractivity contribution is 5.98. The van der Waals surface area contributed by atoms with E-state index in [1.165, 1.54) is 0 Å². The minimum atomic E-state index is -0.582. The van der Waals surface area contributed by atoms with Crippen LogP contribution in [0.25, 0.3) is 0 Å². The number of anilines is 1. The topological polar surface area (TPSA) is 84.9 Å². The summed E-state index contributed by atoms with van der Waals surface area (Å²) in [6, 6.07) is 13.2. The van der Waals surface area contributed by atoms with Gasteiger partial charge in [0.15, 0.2) is 5.78 Å². The van der Waals surface area contributed by atoms with Gasteiger partial charge in [-0.15, -0.1) is 0 Å². The van der Waals surface area contributed by atoms with Gasteiger partial charge in [-0.1, -0.05) is 18.2 Å². The summed E-state index contributed by atoms with van der Waals surface area (Å²) in [5.74, 6) is 0.881. The second-order valence-corrected chi connectivity index (χ2v) is 9.83. The van der Waals surface area contributed by atoms with Gasteiger partial charge in [0.2, 0.25) is 5.91 Å². The lowest BCUT2D eigenvalue weighted by Crippen LogP contribution is -2.38. The molecule has 0 bridgehead atoms. The Morgan fingerprint density at radius 1 is 1.03 bits per heavy atom. The zero-order chi connectivity index (χ0) is 25.4. The minimum Gasteiger partial charge on any atom is -0.496 e. The van der Waals surface area contributed by atoms with Crippen molar-refractivity contribution in [2.45, 2.75) is 64.9 Å². The fourth-order valence-corrected chi connectivity index (χ4v) is 4.08. The van der Waals surface area contributed by atoms with Gasteiger partial charge >= 0.3 is 6.09 Å². The quantitative estimate of drug-likeness (QED) is 0.363. The van der Waals surface area contributed by atoms with E-state index >= 15 is 0 Å². The predicted molar refractivity (Wildman–Crippen MR) is 136 cm³/mol. The maximum Gasteiger partial charge on any atom is 0.410 e. The molecule has 0 atom stereocenters. The number of fused-ring (bicyclic) bond motifs is 1. The normalized spacial score (nSPS) is 13.0. The van der Waals surface area contributed by atoms with Gasteiger partial charge in [-0.3, -0.25) is 9.59 Å². The van der Waals surface area contributed by atoms with Crippen molar-refractivity contribution in [2.75, 3.05) is 25.5 Å². The van der Waals surface area contributed by atoms with Gasteiger partial charge in [0.05, 0.1) is 7.11 Å². The van der Waals surface area contributed by atoms with Crippen molar-refractivity contribution in [3.63, 3.8) is 0 Å². The van der Waals surface area contributed by atoms with Crippen LogP contribution in [-0.4, -0.2) is 48.5 Å². The third-order valence-corrected chi connectivity index (χ3v) is 5.90. The zero-order valence-corrected chi connectivity index (χ0v) is 21.2. The Morgan fingerprint density at radius 3 is 2.54 bits per heavy atom. The summed E-state index contributed by atoms with van der Waals surface area (Å²) >= 11 is 0. The van der Waals surface area contributed by atoms with Gasteiger partial charge in [0.25, 0.3) is 0 Å². The second-order valence-electron chi connectivity index (χ2n) is 9.83. The van der Waals surface area contributed by atoms with Crippen molar-refractivity contribution in [2.24, 2.45) is 0 Å². The van der Waals surface area contributed by atoms with Crippen LogP contribution in [0.1, 0.15) is 67.9 Å². The van der Waals surface area contributed by atoms with Crippen molar-refractivity contribution in [3.05, 3.63) is 59.2 Å². The highest BCUT2D eigenvalue weighted by Crippen LogP contribution is 2.24. The number of nitrogens with one attached hydrogen (secondary N) is 1. The summed E-state index contributed by atoms with van der Waals surface area (Å²) < 4.78 is 11.0. The van der Waals surface area contributed by atoms with Crippen LogP contribution in [0.4, 0.5) is 10.5 Å². The molecule has 3 rings (SSSR count). The summed E-state index contributed by atoms with van der Waals surface area (Å²) in [5, 5.41) is 2.84. The number of benzene rings is 2. The monoisotopic (exact) mass is 480 g/mol. The summed E-state index contributed by atoms with van der Waals surface area (Å²) in [6.45, 7) is 6.57. The van der Waals surface area contributed by atoms with E-state index in [9.17, 15) is 14.4 Å². The summed E-state index contributed by atoms with van der Waals surface area (Å²) in [7, 11) is 1.64. The zero-order valence-electron chi connectivity index (χ0n) is 21.2.